The molecule has 1 atom stereocenters. The summed E-state index contributed by atoms with van der Waals surface area (Å²) in [6.45, 7) is 9.56. The number of nitrogens with one attached hydrogen (secondary N) is 1. The van der Waals surface area contributed by atoms with Crippen LogP contribution in [0.3, 0.4) is 0 Å². The summed E-state index contributed by atoms with van der Waals surface area (Å²) in [4.78, 5) is 0. The van der Waals surface area contributed by atoms with E-state index >= 15 is 0 Å². The molecule has 0 radical (unpaired) electrons. The van der Waals surface area contributed by atoms with Crippen LogP contribution in [-0.4, -0.2) is 17.5 Å². The molecule has 1 nitrogen and oxygen atoms in total. The molecule has 102 valence electrons. The van der Waals surface area contributed by atoms with Crippen LogP contribution in [0.25, 0.3) is 0 Å². The highest BCUT2D eigenvalue weighted by molar-refractivity contribution is 7.99. The third-order valence-corrected chi connectivity index (χ3v) is 4.04. The minimum absolute atomic E-state index is 0.151. The Balaban J connectivity index is 2.79. The lowest BCUT2D eigenvalue weighted by Crippen LogP contribution is -2.25. The summed E-state index contributed by atoms with van der Waals surface area (Å²) < 4.78 is 13.2. The summed E-state index contributed by atoms with van der Waals surface area (Å²) in [6, 6.07) is 5.41. The van der Waals surface area contributed by atoms with Crippen LogP contribution >= 0.6 is 11.8 Å². The molecule has 0 heterocycles. The maximum atomic E-state index is 13.2. The Kier molecular flexibility index (Phi) is 6.72. The van der Waals surface area contributed by atoms with Crippen molar-refractivity contribution in [2.75, 3.05) is 12.3 Å². The van der Waals surface area contributed by atoms with E-state index in [0.29, 0.717) is 11.3 Å². The third kappa shape index (κ3) is 4.99. The summed E-state index contributed by atoms with van der Waals surface area (Å²) >= 11 is 1.94. The van der Waals surface area contributed by atoms with Gasteiger partial charge in [-0.05, 0) is 48.4 Å². The predicted octanol–water partition coefficient (Wildman–Crippen LogP) is 4.32. The molecule has 0 fully saturated rings. The van der Waals surface area contributed by atoms with Crippen molar-refractivity contribution in [2.24, 2.45) is 0 Å². The van der Waals surface area contributed by atoms with Crippen LogP contribution < -0.4 is 5.32 Å². The molecule has 0 bridgehead atoms. The van der Waals surface area contributed by atoms with Gasteiger partial charge in [0.1, 0.15) is 5.82 Å². The number of hydrogen-bond donors (Lipinski definition) is 1. The van der Waals surface area contributed by atoms with E-state index in [1.807, 2.05) is 24.8 Å². The molecule has 1 rings (SSSR count). The summed E-state index contributed by atoms with van der Waals surface area (Å²) in [5.41, 5.74) is 2.26. The SMILES string of the molecule is CCCNC(CSC(C)C)c1ccc(F)cc1C. The molecule has 0 saturated carbocycles. The topological polar surface area (TPSA) is 12.0 Å². The zero-order valence-corrected chi connectivity index (χ0v) is 12.6. The standard InChI is InChI=1S/C15H24FNS/c1-5-8-17-15(10-18-11(2)3)14-7-6-13(16)9-12(14)4/h6-7,9,11,15,17H,5,8,10H2,1-4H3. The number of benzene rings is 1. The molecular weight excluding hydrogens is 245 g/mol. The van der Waals surface area contributed by atoms with Gasteiger partial charge in [-0.15, -0.1) is 0 Å². The highest BCUT2D eigenvalue weighted by Gasteiger charge is 2.14. The quantitative estimate of drug-likeness (QED) is 0.791. The molecule has 0 aliphatic heterocycles. The van der Waals surface area contributed by atoms with Gasteiger partial charge in [0.25, 0.3) is 0 Å². The molecule has 0 aliphatic rings. The Morgan fingerprint density at radius 2 is 2.06 bits per heavy atom. The van der Waals surface area contributed by atoms with Crippen LogP contribution in [0.2, 0.25) is 0 Å². The Morgan fingerprint density at radius 3 is 2.61 bits per heavy atom. The van der Waals surface area contributed by atoms with Gasteiger partial charge in [-0.2, -0.15) is 11.8 Å². The smallest absolute Gasteiger partial charge is 0.123 e. The lowest BCUT2D eigenvalue weighted by Gasteiger charge is -2.21. The number of halogens is 1. The van der Waals surface area contributed by atoms with Crippen LogP contribution in [0.1, 0.15) is 44.4 Å². The van der Waals surface area contributed by atoms with Gasteiger partial charge >= 0.3 is 0 Å². The lowest BCUT2D eigenvalue weighted by atomic mass is 10.0. The largest absolute Gasteiger partial charge is 0.309 e. The van der Waals surface area contributed by atoms with Crippen LogP contribution in [0.4, 0.5) is 4.39 Å². The molecule has 0 aliphatic carbocycles. The fraction of sp³-hybridized carbons (Fsp3) is 0.600. The molecule has 3 heteroatoms. The average molecular weight is 269 g/mol. The Labute approximate surface area is 115 Å². The Bertz CT molecular complexity index is 366. The van der Waals surface area contributed by atoms with E-state index in [2.05, 4.69) is 26.1 Å². The van der Waals surface area contributed by atoms with Gasteiger partial charge in [-0.3, -0.25) is 0 Å². The minimum atomic E-state index is -0.151. The number of thioether (sulfide) groups is 1. The number of hydrogen-bond acceptors (Lipinski definition) is 2. The fourth-order valence-corrected chi connectivity index (χ4v) is 2.77. The number of aryl methyl sites for hydroxylation is 1. The highest BCUT2D eigenvalue weighted by Crippen LogP contribution is 2.24. The van der Waals surface area contributed by atoms with Crippen molar-refractivity contribution < 1.29 is 4.39 Å². The molecule has 0 saturated heterocycles. The maximum absolute atomic E-state index is 13.2. The second-order valence-corrected chi connectivity index (χ2v) is 6.50. The van der Waals surface area contributed by atoms with Crippen molar-refractivity contribution in [2.45, 2.75) is 45.4 Å². The van der Waals surface area contributed by atoms with E-state index in [1.165, 1.54) is 5.56 Å². The van der Waals surface area contributed by atoms with Gasteiger partial charge < -0.3 is 5.32 Å². The molecule has 1 N–H and O–H groups in total. The second-order valence-electron chi connectivity index (χ2n) is 4.89. The first-order valence-corrected chi connectivity index (χ1v) is 7.70. The lowest BCUT2D eigenvalue weighted by molar-refractivity contribution is 0.570. The number of rotatable bonds is 7. The van der Waals surface area contributed by atoms with E-state index < -0.39 is 0 Å². The summed E-state index contributed by atoms with van der Waals surface area (Å²) in [5, 5.41) is 4.18. The Morgan fingerprint density at radius 1 is 1.33 bits per heavy atom. The molecule has 1 unspecified atom stereocenters. The van der Waals surface area contributed by atoms with Crippen molar-refractivity contribution in [1.29, 1.82) is 0 Å². The van der Waals surface area contributed by atoms with Crippen molar-refractivity contribution in [3.8, 4) is 0 Å². The van der Waals surface area contributed by atoms with E-state index in [4.69, 9.17) is 0 Å². The summed E-state index contributed by atoms with van der Waals surface area (Å²) in [6.07, 6.45) is 1.11. The van der Waals surface area contributed by atoms with Crippen molar-refractivity contribution in [3.05, 3.63) is 35.1 Å². The first-order valence-electron chi connectivity index (χ1n) is 6.65. The van der Waals surface area contributed by atoms with E-state index in [-0.39, 0.29) is 5.82 Å². The summed E-state index contributed by atoms with van der Waals surface area (Å²) in [7, 11) is 0. The zero-order valence-electron chi connectivity index (χ0n) is 11.8. The molecule has 1 aromatic carbocycles. The molecular formula is C15H24FNS. The first-order chi connectivity index (χ1) is 8.54. The van der Waals surface area contributed by atoms with Crippen molar-refractivity contribution in [3.63, 3.8) is 0 Å². The van der Waals surface area contributed by atoms with Gasteiger partial charge in [0.2, 0.25) is 0 Å². The first kappa shape index (κ1) is 15.5. The van der Waals surface area contributed by atoms with Gasteiger partial charge in [-0.25, -0.2) is 4.39 Å². The molecule has 0 amide bonds. The second kappa shape index (κ2) is 7.80. The minimum Gasteiger partial charge on any atom is -0.309 e. The van der Waals surface area contributed by atoms with E-state index in [9.17, 15) is 4.39 Å². The normalized spacial score (nSPS) is 13.0. The maximum Gasteiger partial charge on any atom is 0.123 e. The Hall–Kier alpha value is -0.540. The van der Waals surface area contributed by atoms with Gasteiger partial charge in [-0.1, -0.05) is 26.8 Å². The van der Waals surface area contributed by atoms with Gasteiger partial charge in [0, 0.05) is 11.8 Å². The third-order valence-electron chi connectivity index (χ3n) is 2.84. The average Bonchev–Trinajstić information content (AvgIpc) is 2.30. The van der Waals surface area contributed by atoms with Crippen LogP contribution in [0, 0.1) is 12.7 Å². The predicted molar refractivity (Wildman–Crippen MR) is 79.8 cm³/mol. The van der Waals surface area contributed by atoms with Gasteiger partial charge in [0.05, 0.1) is 0 Å². The fourth-order valence-electron chi connectivity index (χ4n) is 1.90. The molecule has 1 aromatic rings. The molecule has 0 spiro atoms. The highest BCUT2D eigenvalue weighted by atomic mass is 32.2. The van der Waals surface area contributed by atoms with Gasteiger partial charge in [0.15, 0.2) is 0 Å². The van der Waals surface area contributed by atoms with E-state index in [0.717, 1.165) is 24.3 Å². The molecule has 0 aromatic heterocycles. The van der Waals surface area contributed by atoms with Crippen LogP contribution in [-0.2, 0) is 0 Å². The van der Waals surface area contributed by atoms with E-state index in [1.54, 1.807) is 12.1 Å². The molecule has 18 heavy (non-hydrogen) atoms. The monoisotopic (exact) mass is 269 g/mol. The van der Waals surface area contributed by atoms with Crippen LogP contribution in [0.15, 0.2) is 18.2 Å². The van der Waals surface area contributed by atoms with Crippen molar-refractivity contribution in [1.82, 2.24) is 5.32 Å². The summed E-state index contributed by atoms with van der Waals surface area (Å²) in [5.74, 6) is 0.881. The van der Waals surface area contributed by atoms with Crippen LogP contribution in [0.5, 0.6) is 0 Å². The zero-order chi connectivity index (χ0) is 13.5. The van der Waals surface area contributed by atoms with Crippen molar-refractivity contribution >= 4 is 11.8 Å².